The van der Waals surface area contributed by atoms with Gasteiger partial charge in [-0.05, 0) is 26.3 Å². The van der Waals surface area contributed by atoms with E-state index in [1.165, 1.54) is 24.6 Å². The summed E-state index contributed by atoms with van der Waals surface area (Å²) in [4.78, 5) is 24.1. The number of carbonyl (C=O) groups is 1. The van der Waals surface area contributed by atoms with E-state index in [2.05, 4.69) is 17.9 Å². The van der Waals surface area contributed by atoms with Crippen LogP contribution in [0.1, 0.15) is 30.6 Å². The molecule has 100 valence electrons. The van der Waals surface area contributed by atoms with Crippen molar-refractivity contribution in [3.63, 3.8) is 0 Å². The predicted octanol–water partition coefficient (Wildman–Crippen LogP) is 2.95. The molecule has 0 spiro atoms. The fourth-order valence-electron chi connectivity index (χ4n) is 2.18. The maximum atomic E-state index is 11.7. The van der Waals surface area contributed by atoms with Crippen molar-refractivity contribution in [2.75, 3.05) is 18.0 Å². The quantitative estimate of drug-likeness (QED) is 0.363. The van der Waals surface area contributed by atoms with Gasteiger partial charge in [0.15, 0.2) is 5.78 Å². The number of rotatable bonds is 3. The molecule has 1 aromatic carbocycles. The minimum absolute atomic E-state index is 0.0438. The number of Topliss-reactive ketones (excluding diaryl/α,β-unsaturated/α-hetero) is 1. The van der Waals surface area contributed by atoms with E-state index in [9.17, 15) is 14.9 Å². The second-order valence-electron chi connectivity index (χ2n) is 4.76. The molecule has 0 atom stereocenters. The van der Waals surface area contributed by atoms with Crippen LogP contribution in [0.2, 0.25) is 0 Å². The number of hydrogen-bond acceptors (Lipinski definition) is 4. The molecule has 1 aromatic rings. The lowest BCUT2D eigenvalue weighted by Crippen LogP contribution is -2.29. The van der Waals surface area contributed by atoms with E-state index in [1.807, 2.05) is 0 Å². The van der Waals surface area contributed by atoms with Gasteiger partial charge >= 0.3 is 0 Å². The molecule has 19 heavy (non-hydrogen) atoms. The summed E-state index contributed by atoms with van der Waals surface area (Å²) in [5.74, 6) is -0.148. The van der Waals surface area contributed by atoms with Crippen molar-refractivity contribution in [1.82, 2.24) is 0 Å². The second-order valence-corrected chi connectivity index (χ2v) is 4.76. The van der Waals surface area contributed by atoms with Gasteiger partial charge in [-0.15, -0.1) is 0 Å². The lowest BCUT2D eigenvalue weighted by atomic mass is 10.0. The van der Waals surface area contributed by atoms with Crippen LogP contribution in [-0.4, -0.2) is 23.8 Å². The SMILES string of the molecule is CC(=O)c1cc([N+](=O)[O-])ccc1N1CC=C(C)CC1. The molecule has 0 radical (unpaired) electrons. The number of nitro benzene ring substituents is 1. The first-order valence-corrected chi connectivity index (χ1v) is 6.19. The van der Waals surface area contributed by atoms with E-state index in [1.54, 1.807) is 6.07 Å². The molecule has 2 rings (SSSR count). The number of nitrogens with zero attached hydrogens (tertiary/aromatic N) is 2. The molecule has 1 heterocycles. The Morgan fingerprint density at radius 2 is 2.16 bits per heavy atom. The Bertz CT molecular complexity index is 564. The highest BCUT2D eigenvalue weighted by molar-refractivity contribution is 6.00. The zero-order chi connectivity index (χ0) is 14.0. The largest absolute Gasteiger partial charge is 0.367 e. The molecule has 0 aromatic heterocycles. The third-order valence-corrected chi connectivity index (χ3v) is 3.35. The van der Waals surface area contributed by atoms with E-state index in [0.717, 1.165) is 25.2 Å². The molecule has 0 saturated heterocycles. The highest BCUT2D eigenvalue weighted by Gasteiger charge is 2.19. The average Bonchev–Trinajstić information content (AvgIpc) is 2.38. The first-order chi connectivity index (χ1) is 8.99. The molecule has 0 amide bonds. The molecular formula is C14H16N2O3. The first kappa shape index (κ1) is 13.3. The van der Waals surface area contributed by atoms with Crippen LogP contribution in [0, 0.1) is 10.1 Å². The van der Waals surface area contributed by atoms with Crippen LogP contribution in [-0.2, 0) is 0 Å². The lowest BCUT2D eigenvalue weighted by Gasteiger charge is -2.28. The molecular weight excluding hydrogens is 244 g/mol. The monoisotopic (exact) mass is 260 g/mol. The number of non-ortho nitro benzene ring substituents is 1. The van der Waals surface area contributed by atoms with Crippen LogP contribution in [0.15, 0.2) is 29.8 Å². The number of ketones is 1. The van der Waals surface area contributed by atoms with E-state index < -0.39 is 4.92 Å². The minimum Gasteiger partial charge on any atom is -0.367 e. The maximum absolute atomic E-state index is 11.7. The smallest absolute Gasteiger partial charge is 0.270 e. The average molecular weight is 260 g/mol. The van der Waals surface area contributed by atoms with Crippen molar-refractivity contribution >= 4 is 17.2 Å². The summed E-state index contributed by atoms with van der Waals surface area (Å²) < 4.78 is 0. The summed E-state index contributed by atoms with van der Waals surface area (Å²) in [6.07, 6.45) is 3.07. The summed E-state index contributed by atoms with van der Waals surface area (Å²) in [5, 5.41) is 10.8. The highest BCUT2D eigenvalue weighted by Crippen LogP contribution is 2.28. The van der Waals surface area contributed by atoms with Crippen molar-refractivity contribution < 1.29 is 9.72 Å². The van der Waals surface area contributed by atoms with E-state index in [0.29, 0.717) is 5.56 Å². The molecule has 5 nitrogen and oxygen atoms in total. The molecule has 0 fully saturated rings. The lowest BCUT2D eigenvalue weighted by molar-refractivity contribution is -0.384. The summed E-state index contributed by atoms with van der Waals surface area (Å²) in [7, 11) is 0. The molecule has 1 aliphatic rings. The summed E-state index contributed by atoms with van der Waals surface area (Å²) in [5.41, 5.74) is 2.49. The van der Waals surface area contributed by atoms with Gasteiger partial charge in [-0.25, -0.2) is 0 Å². The molecule has 0 saturated carbocycles. The Morgan fingerprint density at radius 3 is 2.68 bits per heavy atom. The molecule has 0 unspecified atom stereocenters. The molecule has 0 aliphatic carbocycles. The van der Waals surface area contributed by atoms with Crippen LogP contribution in [0.25, 0.3) is 0 Å². The number of anilines is 1. The maximum Gasteiger partial charge on any atom is 0.270 e. The number of benzene rings is 1. The first-order valence-electron chi connectivity index (χ1n) is 6.19. The predicted molar refractivity (Wildman–Crippen MR) is 73.7 cm³/mol. The van der Waals surface area contributed by atoms with Crippen molar-refractivity contribution in [2.45, 2.75) is 20.3 Å². The molecule has 0 N–H and O–H groups in total. The Labute approximate surface area is 111 Å². The Balaban J connectivity index is 2.40. The third-order valence-electron chi connectivity index (χ3n) is 3.35. The minimum atomic E-state index is -0.476. The summed E-state index contributed by atoms with van der Waals surface area (Å²) in [6.45, 7) is 5.09. The number of carbonyl (C=O) groups excluding carboxylic acids is 1. The van der Waals surface area contributed by atoms with Gasteiger partial charge in [-0.2, -0.15) is 0 Å². The third kappa shape index (κ3) is 2.81. The van der Waals surface area contributed by atoms with Crippen molar-refractivity contribution in [3.8, 4) is 0 Å². The van der Waals surface area contributed by atoms with Gasteiger partial charge in [-0.3, -0.25) is 14.9 Å². The topological polar surface area (TPSA) is 63.4 Å². The van der Waals surface area contributed by atoms with E-state index in [4.69, 9.17) is 0 Å². The number of hydrogen-bond donors (Lipinski definition) is 0. The van der Waals surface area contributed by atoms with Crippen molar-refractivity contribution in [2.24, 2.45) is 0 Å². The van der Waals surface area contributed by atoms with Crippen molar-refractivity contribution in [1.29, 1.82) is 0 Å². The van der Waals surface area contributed by atoms with Crippen LogP contribution in [0.3, 0.4) is 0 Å². The van der Waals surface area contributed by atoms with Gasteiger partial charge < -0.3 is 4.90 Å². The van der Waals surface area contributed by atoms with Gasteiger partial charge in [0.05, 0.1) is 4.92 Å². The van der Waals surface area contributed by atoms with Gasteiger partial charge in [0.2, 0.25) is 0 Å². The van der Waals surface area contributed by atoms with Gasteiger partial charge in [0.1, 0.15) is 0 Å². The summed E-state index contributed by atoms with van der Waals surface area (Å²) >= 11 is 0. The normalized spacial score (nSPS) is 15.1. The van der Waals surface area contributed by atoms with Gasteiger partial charge in [0.25, 0.3) is 5.69 Å². The standard InChI is InChI=1S/C14H16N2O3/c1-10-5-7-15(8-6-10)14-4-3-12(16(18)19)9-13(14)11(2)17/h3-5,9H,6-8H2,1-2H3. The molecule has 5 heteroatoms. The Kier molecular flexibility index (Phi) is 3.64. The van der Waals surface area contributed by atoms with Gasteiger partial charge in [-0.1, -0.05) is 11.6 Å². The fourth-order valence-corrected chi connectivity index (χ4v) is 2.18. The molecule has 0 bridgehead atoms. The Hall–Kier alpha value is -2.17. The number of nitro groups is 1. The highest BCUT2D eigenvalue weighted by atomic mass is 16.6. The van der Waals surface area contributed by atoms with Gasteiger partial charge in [0, 0.05) is 36.5 Å². The zero-order valence-corrected chi connectivity index (χ0v) is 11.0. The second kappa shape index (κ2) is 5.22. The van der Waals surface area contributed by atoms with E-state index in [-0.39, 0.29) is 11.5 Å². The van der Waals surface area contributed by atoms with Crippen LogP contribution >= 0.6 is 0 Å². The zero-order valence-electron chi connectivity index (χ0n) is 11.0. The van der Waals surface area contributed by atoms with Crippen LogP contribution in [0.4, 0.5) is 11.4 Å². The van der Waals surface area contributed by atoms with E-state index >= 15 is 0 Å². The summed E-state index contributed by atoms with van der Waals surface area (Å²) in [6, 6.07) is 4.49. The Morgan fingerprint density at radius 1 is 1.42 bits per heavy atom. The fraction of sp³-hybridized carbons (Fsp3) is 0.357. The van der Waals surface area contributed by atoms with Crippen LogP contribution < -0.4 is 4.90 Å². The van der Waals surface area contributed by atoms with Crippen LogP contribution in [0.5, 0.6) is 0 Å². The molecule has 1 aliphatic heterocycles. The van der Waals surface area contributed by atoms with Crippen molar-refractivity contribution in [3.05, 3.63) is 45.5 Å².